The zero-order valence-electron chi connectivity index (χ0n) is 21.0. The second kappa shape index (κ2) is 11.1. The van der Waals surface area contributed by atoms with Crippen molar-refractivity contribution in [2.24, 2.45) is 16.7 Å². The highest BCUT2D eigenvalue weighted by atomic mass is 16.5. The van der Waals surface area contributed by atoms with Gasteiger partial charge in [0.25, 0.3) is 0 Å². The first kappa shape index (κ1) is 26.1. The van der Waals surface area contributed by atoms with Gasteiger partial charge in [-0.25, -0.2) is 0 Å². The van der Waals surface area contributed by atoms with E-state index in [0.29, 0.717) is 25.9 Å². The van der Waals surface area contributed by atoms with Gasteiger partial charge in [0.1, 0.15) is 6.23 Å². The van der Waals surface area contributed by atoms with E-state index in [4.69, 9.17) is 4.74 Å². The molecule has 0 spiro atoms. The normalized spacial score (nSPS) is 23.2. The average molecular weight is 435 g/mol. The SMILES string of the molecule is C=C(CC1CC(=O)N(CCN2CCOC2CCCCC)C1=O)CC(C)(C)CC(C)(C)C. The molecular formula is C26H46N2O3. The third-order valence-electron chi connectivity index (χ3n) is 6.37. The van der Waals surface area contributed by atoms with E-state index in [1.54, 1.807) is 0 Å². The van der Waals surface area contributed by atoms with Crippen molar-refractivity contribution in [2.75, 3.05) is 26.2 Å². The Hall–Kier alpha value is -1.20. The molecule has 0 saturated carbocycles. The van der Waals surface area contributed by atoms with Gasteiger partial charge in [0.2, 0.25) is 11.8 Å². The number of hydrogen-bond donors (Lipinski definition) is 0. The Balaban J connectivity index is 1.83. The number of rotatable bonds is 12. The summed E-state index contributed by atoms with van der Waals surface area (Å²) in [4.78, 5) is 29.3. The molecule has 2 aliphatic heterocycles. The minimum atomic E-state index is -0.236. The maximum absolute atomic E-state index is 13.0. The van der Waals surface area contributed by atoms with Crippen LogP contribution in [0.3, 0.4) is 0 Å². The molecule has 0 aromatic rings. The number of ether oxygens (including phenoxy) is 1. The molecule has 0 aliphatic carbocycles. The Morgan fingerprint density at radius 3 is 2.48 bits per heavy atom. The van der Waals surface area contributed by atoms with Gasteiger partial charge in [-0.05, 0) is 42.9 Å². The smallest absolute Gasteiger partial charge is 0.233 e. The van der Waals surface area contributed by atoms with E-state index in [0.717, 1.165) is 44.4 Å². The molecule has 2 atom stereocenters. The summed E-state index contributed by atoms with van der Waals surface area (Å²) in [6.45, 7) is 20.6. The van der Waals surface area contributed by atoms with Crippen LogP contribution in [-0.2, 0) is 14.3 Å². The Morgan fingerprint density at radius 1 is 1.13 bits per heavy atom. The number of carbonyl (C=O) groups excluding carboxylic acids is 2. The lowest BCUT2D eigenvalue weighted by atomic mass is 9.72. The number of allylic oxidation sites excluding steroid dienone is 1. The van der Waals surface area contributed by atoms with E-state index in [1.165, 1.54) is 17.7 Å². The van der Waals surface area contributed by atoms with Crippen LogP contribution in [-0.4, -0.2) is 54.1 Å². The zero-order valence-corrected chi connectivity index (χ0v) is 21.0. The summed E-state index contributed by atoms with van der Waals surface area (Å²) in [5.74, 6) is -0.276. The second-order valence-corrected chi connectivity index (χ2v) is 11.7. The first-order valence-corrected chi connectivity index (χ1v) is 12.3. The van der Waals surface area contributed by atoms with Crippen molar-refractivity contribution in [3.8, 4) is 0 Å². The van der Waals surface area contributed by atoms with Gasteiger partial charge in [0.05, 0.1) is 12.5 Å². The lowest BCUT2D eigenvalue weighted by molar-refractivity contribution is -0.139. The summed E-state index contributed by atoms with van der Waals surface area (Å²) >= 11 is 0. The van der Waals surface area contributed by atoms with Gasteiger partial charge in [0.15, 0.2) is 0 Å². The van der Waals surface area contributed by atoms with Crippen LogP contribution in [0.5, 0.6) is 0 Å². The predicted molar refractivity (Wildman–Crippen MR) is 127 cm³/mol. The summed E-state index contributed by atoms with van der Waals surface area (Å²) in [6.07, 6.45) is 7.69. The maximum atomic E-state index is 13.0. The summed E-state index contributed by atoms with van der Waals surface area (Å²) < 4.78 is 5.86. The number of unbranched alkanes of at least 4 members (excludes halogenated alkanes) is 2. The average Bonchev–Trinajstić information content (AvgIpc) is 3.15. The second-order valence-electron chi connectivity index (χ2n) is 11.7. The number of carbonyl (C=O) groups is 2. The molecule has 2 aliphatic rings. The van der Waals surface area contributed by atoms with E-state index in [2.05, 4.69) is 53.0 Å². The van der Waals surface area contributed by atoms with E-state index in [-0.39, 0.29) is 34.8 Å². The van der Waals surface area contributed by atoms with Crippen LogP contribution in [0.25, 0.3) is 0 Å². The van der Waals surface area contributed by atoms with Crippen molar-refractivity contribution in [3.05, 3.63) is 12.2 Å². The molecule has 0 N–H and O–H groups in total. The quantitative estimate of drug-likeness (QED) is 0.234. The minimum Gasteiger partial charge on any atom is -0.362 e. The fourth-order valence-corrected chi connectivity index (χ4v) is 5.62. The molecule has 31 heavy (non-hydrogen) atoms. The van der Waals surface area contributed by atoms with Gasteiger partial charge in [-0.15, -0.1) is 0 Å². The molecule has 0 radical (unpaired) electrons. The monoisotopic (exact) mass is 434 g/mol. The van der Waals surface area contributed by atoms with Crippen LogP contribution in [0.15, 0.2) is 12.2 Å². The minimum absolute atomic E-state index is 0.0116. The van der Waals surface area contributed by atoms with Crippen molar-refractivity contribution >= 4 is 11.8 Å². The van der Waals surface area contributed by atoms with Crippen LogP contribution in [0.2, 0.25) is 0 Å². The highest BCUT2D eigenvalue weighted by Gasteiger charge is 2.39. The van der Waals surface area contributed by atoms with Gasteiger partial charge < -0.3 is 4.74 Å². The van der Waals surface area contributed by atoms with Crippen molar-refractivity contribution in [2.45, 2.75) is 99.1 Å². The van der Waals surface area contributed by atoms with Gasteiger partial charge in [-0.3, -0.25) is 19.4 Å². The number of imide groups is 1. The number of nitrogens with zero attached hydrogens (tertiary/aromatic N) is 2. The first-order chi connectivity index (χ1) is 14.4. The van der Waals surface area contributed by atoms with Crippen LogP contribution >= 0.6 is 0 Å². The van der Waals surface area contributed by atoms with E-state index >= 15 is 0 Å². The molecule has 2 fully saturated rings. The van der Waals surface area contributed by atoms with Gasteiger partial charge >= 0.3 is 0 Å². The summed E-state index contributed by atoms with van der Waals surface area (Å²) in [6, 6.07) is 0. The number of hydrogen-bond acceptors (Lipinski definition) is 4. The van der Waals surface area contributed by atoms with Crippen molar-refractivity contribution in [1.82, 2.24) is 9.80 Å². The molecule has 0 aromatic heterocycles. The molecule has 0 aromatic carbocycles. The molecule has 2 amide bonds. The first-order valence-electron chi connectivity index (χ1n) is 12.3. The van der Waals surface area contributed by atoms with Gasteiger partial charge in [-0.2, -0.15) is 0 Å². The summed E-state index contributed by atoms with van der Waals surface area (Å²) in [7, 11) is 0. The Kier molecular flexibility index (Phi) is 9.32. The van der Waals surface area contributed by atoms with Gasteiger partial charge in [0, 0.05) is 26.1 Å². The topological polar surface area (TPSA) is 49.9 Å². The fourth-order valence-electron chi connectivity index (χ4n) is 5.62. The highest BCUT2D eigenvalue weighted by Crippen LogP contribution is 2.39. The number of amides is 2. The zero-order chi connectivity index (χ0) is 23.2. The van der Waals surface area contributed by atoms with Crippen molar-refractivity contribution < 1.29 is 14.3 Å². The van der Waals surface area contributed by atoms with Crippen LogP contribution in [0, 0.1) is 16.7 Å². The summed E-state index contributed by atoms with van der Waals surface area (Å²) in [5.41, 5.74) is 1.49. The third-order valence-corrected chi connectivity index (χ3v) is 6.37. The van der Waals surface area contributed by atoms with Crippen LogP contribution in [0.1, 0.15) is 92.9 Å². The lowest BCUT2D eigenvalue weighted by Gasteiger charge is -2.33. The molecular weight excluding hydrogens is 388 g/mol. The molecule has 178 valence electrons. The molecule has 2 rings (SSSR count). The van der Waals surface area contributed by atoms with Gasteiger partial charge in [-0.1, -0.05) is 66.5 Å². The van der Waals surface area contributed by atoms with E-state index in [1.807, 2.05) is 0 Å². The largest absolute Gasteiger partial charge is 0.362 e. The molecule has 5 nitrogen and oxygen atoms in total. The molecule has 2 heterocycles. The fraction of sp³-hybridized carbons (Fsp3) is 0.846. The van der Waals surface area contributed by atoms with E-state index in [9.17, 15) is 9.59 Å². The maximum Gasteiger partial charge on any atom is 0.233 e. The van der Waals surface area contributed by atoms with E-state index < -0.39 is 0 Å². The standard InChI is InChI=1S/C26H46N2O3/c1-8-9-10-11-23-27(14-15-31-23)12-13-28-22(29)17-21(24(28)30)16-20(2)18-26(6,7)19-25(3,4)5/h21,23H,2,8-19H2,1,3-7H3. The summed E-state index contributed by atoms with van der Waals surface area (Å²) in [5, 5.41) is 0. The molecule has 2 saturated heterocycles. The molecule has 5 heteroatoms. The highest BCUT2D eigenvalue weighted by molar-refractivity contribution is 6.03. The number of likely N-dealkylation sites (tertiary alicyclic amines) is 1. The molecule has 0 bridgehead atoms. The lowest BCUT2D eigenvalue weighted by Crippen LogP contribution is -2.40. The van der Waals surface area contributed by atoms with Crippen molar-refractivity contribution in [3.63, 3.8) is 0 Å². The third kappa shape index (κ3) is 8.34. The predicted octanol–water partition coefficient (Wildman–Crippen LogP) is 5.40. The van der Waals surface area contributed by atoms with Crippen molar-refractivity contribution in [1.29, 1.82) is 0 Å². The Bertz CT molecular complexity index is 635. The van der Waals surface area contributed by atoms with Crippen LogP contribution < -0.4 is 0 Å². The molecule has 2 unspecified atom stereocenters. The van der Waals surface area contributed by atoms with Crippen LogP contribution in [0.4, 0.5) is 0 Å². The Labute approximate surface area is 190 Å². The Morgan fingerprint density at radius 2 is 1.84 bits per heavy atom.